The number of anilines is 1. The second-order valence-corrected chi connectivity index (χ2v) is 10.4. The molecule has 0 radical (unpaired) electrons. The van der Waals surface area contributed by atoms with Gasteiger partial charge in [-0.1, -0.05) is 78.3 Å². The average molecular weight is 565 g/mol. The van der Waals surface area contributed by atoms with Crippen LogP contribution in [0, 0.1) is 0 Å². The van der Waals surface area contributed by atoms with Crippen LogP contribution in [0.2, 0.25) is 0 Å². The van der Waals surface area contributed by atoms with Gasteiger partial charge in [-0.15, -0.1) is 0 Å². The van der Waals surface area contributed by atoms with Crippen LogP contribution in [0.5, 0.6) is 5.75 Å². The molecule has 0 bridgehead atoms. The molecule has 4 rings (SSSR count). The van der Waals surface area contributed by atoms with E-state index in [9.17, 15) is 14.4 Å². The molecule has 3 aromatic rings. The van der Waals surface area contributed by atoms with E-state index in [1.807, 2.05) is 48.5 Å². The summed E-state index contributed by atoms with van der Waals surface area (Å²) in [7, 11) is 0. The number of imide groups is 1. The molecular weight excluding hydrogens is 540 g/mol. The molecule has 0 unspecified atom stereocenters. The van der Waals surface area contributed by atoms with Gasteiger partial charge in [-0.2, -0.15) is 0 Å². The number of rotatable bonds is 8. The first-order valence-corrected chi connectivity index (χ1v) is 13.0. The number of nitrogens with zero attached hydrogens (tertiary/aromatic N) is 1. The lowest BCUT2D eigenvalue weighted by molar-refractivity contribution is -0.123. The van der Waals surface area contributed by atoms with Gasteiger partial charge in [0, 0.05) is 10.2 Å². The Labute approximate surface area is 222 Å². The van der Waals surface area contributed by atoms with Crippen molar-refractivity contribution in [2.24, 2.45) is 0 Å². The third-order valence-electron chi connectivity index (χ3n) is 5.56. The Hall–Kier alpha value is -3.36. The van der Waals surface area contributed by atoms with E-state index in [0.29, 0.717) is 10.7 Å². The lowest BCUT2D eigenvalue weighted by atomic mass is 10.0. The average Bonchev–Trinajstić information content (AvgIpc) is 3.12. The van der Waals surface area contributed by atoms with Crippen molar-refractivity contribution in [3.8, 4) is 5.75 Å². The quantitative estimate of drug-likeness (QED) is 0.303. The second kappa shape index (κ2) is 11.6. The number of para-hydroxylation sites is 1. The zero-order valence-corrected chi connectivity index (χ0v) is 22.3. The number of hydrogen-bond acceptors (Lipinski definition) is 5. The van der Waals surface area contributed by atoms with E-state index in [2.05, 4.69) is 35.1 Å². The third kappa shape index (κ3) is 6.25. The molecular formula is C28H25BrN2O4S. The van der Waals surface area contributed by atoms with Crippen LogP contribution in [0.15, 0.2) is 82.2 Å². The van der Waals surface area contributed by atoms with Crippen molar-refractivity contribution < 1.29 is 19.1 Å². The Morgan fingerprint density at radius 3 is 2.44 bits per heavy atom. The molecule has 0 spiro atoms. The Kier molecular flexibility index (Phi) is 8.28. The summed E-state index contributed by atoms with van der Waals surface area (Å²) in [4.78, 5) is 39.3. The Balaban J connectivity index is 1.35. The van der Waals surface area contributed by atoms with Gasteiger partial charge in [-0.25, -0.2) is 0 Å². The number of nitrogens with one attached hydrogen (secondary N) is 1. The lowest BCUT2D eigenvalue weighted by Gasteiger charge is -2.14. The third-order valence-corrected chi connectivity index (χ3v) is 7.25. The van der Waals surface area contributed by atoms with Crippen molar-refractivity contribution in [1.29, 1.82) is 0 Å². The maximum absolute atomic E-state index is 12.8. The molecule has 184 valence electrons. The van der Waals surface area contributed by atoms with E-state index in [1.54, 1.807) is 30.3 Å². The number of carbonyl (C=O) groups excluding carboxylic acids is 3. The van der Waals surface area contributed by atoms with E-state index < -0.39 is 0 Å². The van der Waals surface area contributed by atoms with Crippen molar-refractivity contribution in [1.82, 2.24) is 4.90 Å². The summed E-state index contributed by atoms with van der Waals surface area (Å²) in [6, 6.07) is 22.2. The molecule has 1 aliphatic heterocycles. The van der Waals surface area contributed by atoms with Gasteiger partial charge in [0.25, 0.3) is 17.1 Å². The first-order chi connectivity index (χ1) is 17.3. The molecule has 1 N–H and O–H groups in total. The zero-order valence-electron chi connectivity index (χ0n) is 19.9. The van der Waals surface area contributed by atoms with Crippen LogP contribution in [-0.4, -0.2) is 28.6 Å². The van der Waals surface area contributed by atoms with Gasteiger partial charge < -0.3 is 10.1 Å². The van der Waals surface area contributed by atoms with Crippen molar-refractivity contribution >= 4 is 56.5 Å². The standard InChI is InChI=1S/C28H25BrN2O4S/c1-18(2)22-8-4-6-10-24(22)30-26(32)17-35-21-13-11-19(12-14-21)15-25-27(33)31(28(34)36-25)16-20-7-3-5-9-23(20)29/h3-15,18H,16-17H2,1-2H3,(H,30,32)/b25-15-. The van der Waals surface area contributed by atoms with Crippen LogP contribution in [0.1, 0.15) is 36.5 Å². The van der Waals surface area contributed by atoms with Crippen LogP contribution in [0.3, 0.4) is 0 Å². The van der Waals surface area contributed by atoms with Crippen LogP contribution in [0.25, 0.3) is 6.08 Å². The fraction of sp³-hybridized carbons (Fsp3) is 0.179. The van der Waals surface area contributed by atoms with Gasteiger partial charge >= 0.3 is 0 Å². The summed E-state index contributed by atoms with van der Waals surface area (Å²) in [6.45, 7) is 4.23. The van der Waals surface area contributed by atoms with E-state index in [1.165, 1.54) is 4.90 Å². The highest BCUT2D eigenvalue weighted by Crippen LogP contribution is 2.34. The normalized spacial score (nSPS) is 14.6. The predicted octanol–water partition coefficient (Wildman–Crippen LogP) is 6.83. The lowest BCUT2D eigenvalue weighted by Crippen LogP contribution is -2.27. The number of amides is 3. The van der Waals surface area contributed by atoms with Gasteiger partial charge in [0.2, 0.25) is 0 Å². The fourth-order valence-electron chi connectivity index (χ4n) is 3.69. The minimum atomic E-state index is -0.320. The molecule has 0 aliphatic carbocycles. The van der Waals surface area contributed by atoms with Gasteiger partial charge in [0.05, 0.1) is 11.4 Å². The molecule has 1 saturated heterocycles. The molecule has 8 heteroatoms. The molecule has 1 fully saturated rings. The van der Waals surface area contributed by atoms with Gasteiger partial charge in [-0.3, -0.25) is 19.3 Å². The molecule has 1 heterocycles. The van der Waals surface area contributed by atoms with E-state index in [-0.39, 0.29) is 36.1 Å². The van der Waals surface area contributed by atoms with Crippen LogP contribution >= 0.6 is 27.7 Å². The van der Waals surface area contributed by atoms with Crippen molar-refractivity contribution in [3.63, 3.8) is 0 Å². The molecule has 1 aliphatic rings. The molecule has 36 heavy (non-hydrogen) atoms. The second-order valence-electron chi connectivity index (χ2n) is 8.51. The largest absolute Gasteiger partial charge is 0.484 e. The van der Waals surface area contributed by atoms with Crippen LogP contribution in [-0.2, 0) is 16.1 Å². The number of thioether (sulfide) groups is 1. The molecule has 0 atom stereocenters. The maximum Gasteiger partial charge on any atom is 0.293 e. The Morgan fingerprint density at radius 1 is 1.03 bits per heavy atom. The number of halogens is 1. The molecule has 3 amide bonds. The molecule has 0 saturated carbocycles. The van der Waals surface area contributed by atoms with Crippen molar-refractivity contribution in [2.45, 2.75) is 26.3 Å². The first-order valence-electron chi connectivity index (χ1n) is 11.4. The minimum absolute atomic E-state index is 0.125. The molecule has 6 nitrogen and oxygen atoms in total. The highest BCUT2D eigenvalue weighted by Gasteiger charge is 2.35. The number of ether oxygens (including phenoxy) is 1. The van der Waals surface area contributed by atoms with E-state index in [0.717, 1.165) is 38.6 Å². The number of hydrogen-bond donors (Lipinski definition) is 1. The van der Waals surface area contributed by atoms with Gasteiger partial charge in [0.1, 0.15) is 5.75 Å². The van der Waals surface area contributed by atoms with Gasteiger partial charge in [0.15, 0.2) is 6.61 Å². The fourth-order valence-corrected chi connectivity index (χ4v) is 4.94. The van der Waals surface area contributed by atoms with Gasteiger partial charge in [-0.05, 0) is 64.7 Å². The first kappa shape index (κ1) is 25.7. The number of carbonyl (C=O) groups is 3. The highest BCUT2D eigenvalue weighted by molar-refractivity contribution is 9.10. The highest BCUT2D eigenvalue weighted by atomic mass is 79.9. The van der Waals surface area contributed by atoms with E-state index in [4.69, 9.17) is 4.74 Å². The summed E-state index contributed by atoms with van der Waals surface area (Å²) in [5.41, 5.74) is 3.46. The number of benzene rings is 3. The molecule has 0 aromatic heterocycles. The zero-order chi connectivity index (χ0) is 25.7. The predicted molar refractivity (Wildman–Crippen MR) is 147 cm³/mol. The summed E-state index contributed by atoms with van der Waals surface area (Å²) in [5, 5.41) is 2.60. The smallest absolute Gasteiger partial charge is 0.293 e. The SMILES string of the molecule is CC(C)c1ccccc1NC(=O)COc1ccc(/C=C2\SC(=O)N(Cc3ccccc3Br)C2=O)cc1. The maximum atomic E-state index is 12.8. The topological polar surface area (TPSA) is 75.7 Å². The summed E-state index contributed by atoms with van der Waals surface area (Å²) < 4.78 is 6.48. The Morgan fingerprint density at radius 2 is 1.72 bits per heavy atom. The molecule has 3 aromatic carbocycles. The van der Waals surface area contributed by atoms with Crippen LogP contribution < -0.4 is 10.1 Å². The minimum Gasteiger partial charge on any atom is -0.484 e. The summed E-state index contributed by atoms with van der Waals surface area (Å²) in [6.07, 6.45) is 1.68. The Bertz CT molecular complexity index is 1320. The monoisotopic (exact) mass is 564 g/mol. The summed E-state index contributed by atoms with van der Waals surface area (Å²) >= 11 is 4.38. The van der Waals surface area contributed by atoms with Crippen LogP contribution in [0.4, 0.5) is 10.5 Å². The van der Waals surface area contributed by atoms with Crippen molar-refractivity contribution in [3.05, 3.63) is 98.9 Å². The van der Waals surface area contributed by atoms with Crippen molar-refractivity contribution in [2.75, 3.05) is 11.9 Å². The van der Waals surface area contributed by atoms with E-state index >= 15 is 0 Å². The summed E-state index contributed by atoms with van der Waals surface area (Å²) in [5.74, 6) is 0.253.